The highest BCUT2D eigenvalue weighted by Gasteiger charge is 2.15. The lowest BCUT2D eigenvalue weighted by Crippen LogP contribution is -2.22. The molecule has 3 aromatic rings. The Labute approximate surface area is 142 Å². The molecule has 0 aliphatic carbocycles. The van der Waals surface area contributed by atoms with Crippen molar-refractivity contribution in [2.75, 3.05) is 10.6 Å². The van der Waals surface area contributed by atoms with E-state index in [0.717, 1.165) is 0 Å². The van der Waals surface area contributed by atoms with Crippen LogP contribution in [-0.2, 0) is 0 Å². The number of carbonyl (C=O) groups is 1. The van der Waals surface area contributed by atoms with Crippen molar-refractivity contribution in [2.45, 2.75) is 0 Å². The van der Waals surface area contributed by atoms with Crippen molar-refractivity contribution in [1.82, 2.24) is 14.8 Å². The molecule has 0 atom stereocenters. The molecular weight excluding hydrogens is 328 g/mol. The Morgan fingerprint density at radius 3 is 2.79 bits per heavy atom. The van der Waals surface area contributed by atoms with E-state index in [4.69, 9.17) is 11.6 Å². The standard InChI is InChI=1S/C16H11ClN6O/c17-12-4-3-5-13(8-12)23-15(11(9-18)10-20-23)22-16(24)21-14-6-1-2-7-19-14/h1-8,10H,(H2,19,21,22,24). The first-order valence-electron chi connectivity index (χ1n) is 6.90. The van der Waals surface area contributed by atoms with Gasteiger partial charge in [0.05, 0.1) is 11.9 Å². The van der Waals surface area contributed by atoms with Gasteiger partial charge in [-0.1, -0.05) is 23.7 Å². The Hall–Kier alpha value is -3.37. The van der Waals surface area contributed by atoms with Crippen LogP contribution in [-0.4, -0.2) is 20.8 Å². The van der Waals surface area contributed by atoms with Gasteiger partial charge >= 0.3 is 6.03 Å². The number of amides is 2. The topological polar surface area (TPSA) is 95.6 Å². The first kappa shape index (κ1) is 15.5. The van der Waals surface area contributed by atoms with Gasteiger partial charge in [0, 0.05) is 11.2 Å². The summed E-state index contributed by atoms with van der Waals surface area (Å²) in [6.07, 6.45) is 2.93. The molecule has 0 aliphatic rings. The van der Waals surface area contributed by atoms with Crippen LogP contribution in [0.2, 0.25) is 5.02 Å². The molecule has 2 aromatic heterocycles. The highest BCUT2D eigenvalue weighted by Crippen LogP contribution is 2.22. The number of aromatic nitrogens is 3. The van der Waals surface area contributed by atoms with Crippen LogP contribution >= 0.6 is 11.6 Å². The molecule has 0 saturated heterocycles. The maximum atomic E-state index is 12.2. The summed E-state index contributed by atoms with van der Waals surface area (Å²) in [5.41, 5.74) is 0.850. The summed E-state index contributed by atoms with van der Waals surface area (Å²) >= 11 is 5.99. The molecule has 0 saturated carbocycles. The Morgan fingerprint density at radius 1 is 1.21 bits per heavy atom. The maximum absolute atomic E-state index is 12.2. The number of nitriles is 1. The van der Waals surface area contributed by atoms with Crippen molar-refractivity contribution >= 4 is 29.3 Å². The molecule has 1 aromatic carbocycles. The average molecular weight is 339 g/mol. The number of nitrogens with zero attached hydrogens (tertiary/aromatic N) is 4. The molecule has 2 N–H and O–H groups in total. The summed E-state index contributed by atoms with van der Waals surface area (Å²) in [4.78, 5) is 16.2. The zero-order chi connectivity index (χ0) is 16.9. The number of hydrogen-bond acceptors (Lipinski definition) is 4. The van der Waals surface area contributed by atoms with Crippen molar-refractivity contribution in [3.8, 4) is 11.8 Å². The van der Waals surface area contributed by atoms with Crippen LogP contribution in [0.3, 0.4) is 0 Å². The number of pyridine rings is 1. The van der Waals surface area contributed by atoms with E-state index >= 15 is 0 Å². The van der Waals surface area contributed by atoms with E-state index in [2.05, 4.69) is 20.7 Å². The van der Waals surface area contributed by atoms with Gasteiger partial charge in [-0.25, -0.2) is 14.5 Å². The number of urea groups is 1. The van der Waals surface area contributed by atoms with E-state index in [-0.39, 0.29) is 11.4 Å². The molecule has 8 heteroatoms. The number of nitrogens with one attached hydrogen (secondary N) is 2. The van der Waals surface area contributed by atoms with E-state index in [0.29, 0.717) is 16.5 Å². The summed E-state index contributed by atoms with van der Waals surface area (Å²) in [6.45, 7) is 0. The minimum Gasteiger partial charge on any atom is -0.292 e. The first-order valence-corrected chi connectivity index (χ1v) is 7.28. The zero-order valence-corrected chi connectivity index (χ0v) is 13.0. The van der Waals surface area contributed by atoms with Gasteiger partial charge in [0.15, 0.2) is 5.82 Å². The van der Waals surface area contributed by atoms with E-state index in [1.807, 2.05) is 6.07 Å². The number of rotatable bonds is 3. The smallest absolute Gasteiger partial charge is 0.292 e. The van der Waals surface area contributed by atoms with E-state index in [1.165, 1.54) is 10.9 Å². The molecule has 2 heterocycles. The second-order valence-electron chi connectivity index (χ2n) is 4.70. The van der Waals surface area contributed by atoms with Crippen molar-refractivity contribution in [2.24, 2.45) is 0 Å². The second-order valence-corrected chi connectivity index (χ2v) is 5.14. The number of carbonyl (C=O) groups excluding carboxylic acids is 1. The summed E-state index contributed by atoms with van der Waals surface area (Å²) in [7, 11) is 0. The molecule has 0 aliphatic heterocycles. The van der Waals surface area contributed by atoms with E-state index in [1.54, 1.807) is 48.7 Å². The Kier molecular flexibility index (Phi) is 4.40. The SMILES string of the molecule is N#Cc1cnn(-c2cccc(Cl)c2)c1NC(=O)Nc1ccccn1. The molecular formula is C16H11ClN6O. The van der Waals surface area contributed by atoms with Crippen molar-refractivity contribution in [3.05, 3.63) is 65.4 Å². The number of halogens is 1. The van der Waals surface area contributed by atoms with Crippen LogP contribution in [0.1, 0.15) is 5.56 Å². The maximum Gasteiger partial charge on any atom is 0.326 e. The number of anilines is 2. The van der Waals surface area contributed by atoms with Crippen molar-refractivity contribution in [1.29, 1.82) is 5.26 Å². The lowest BCUT2D eigenvalue weighted by molar-refractivity contribution is 0.262. The molecule has 118 valence electrons. The van der Waals surface area contributed by atoms with Crippen LogP contribution in [0.4, 0.5) is 16.4 Å². The largest absolute Gasteiger partial charge is 0.326 e. The van der Waals surface area contributed by atoms with Gasteiger partial charge in [0.1, 0.15) is 17.5 Å². The first-order chi connectivity index (χ1) is 11.7. The van der Waals surface area contributed by atoms with Crippen LogP contribution in [0.5, 0.6) is 0 Å². The third-order valence-corrected chi connectivity index (χ3v) is 3.32. The number of benzene rings is 1. The normalized spacial score (nSPS) is 10.0. The minimum absolute atomic E-state index is 0.228. The van der Waals surface area contributed by atoms with Crippen LogP contribution < -0.4 is 10.6 Å². The number of hydrogen-bond donors (Lipinski definition) is 2. The minimum atomic E-state index is -0.533. The van der Waals surface area contributed by atoms with E-state index < -0.39 is 6.03 Å². The van der Waals surface area contributed by atoms with E-state index in [9.17, 15) is 10.1 Å². The van der Waals surface area contributed by atoms with Crippen LogP contribution in [0, 0.1) is 11.3 Å². The van der Waals surface area contributed by atoms with Gasteiger partial charge in [-0.15, -0.1) is 0 Å². The predicted octanol–water partition coefficient (Wildman–Crippen LogP) is 3.44. The van der Waals surface area contributed by atoms with Crippen molar-refractivity contribution < 1.29 is 4.79 Å². The van der Waals surface area contributed by atoms with Gasteiger partial charge < -0.3 is 0 Å². The molecule has 0 radical (unpaired) electrons. The summed E-state index contributed by atoms with van der Waals surface area (Å²) in [5.74, 6) is 0.635. The quantitative estimate of drug-likeness (QED) is 0.764. The van der Waals surface area contributed by atoms with Crippen LogP contribution in [0.15, 0.2) is 54.9 Å². The van der Waals surface area contributed by atoms with Gasteiger partial charge in [0.2, 0.25) is 0 Å². The lowest BCUT2D eigenvalue weighted by atomic mass is 10.3. The third kappa shape index (κ3) is 3.34. The molecule has 0 unspecified atom stereocenters. The van der Waals surface area contributed by atoms with Gasteiger partial charge in [-0.3, -0.25) is 10.6 Å². The van der Waals surface area contributed by atoms with Crippen molar-refractivity contribution in [3.63, 3.8) is 0 Å². The monoisotopic (exact) mass is 338 g/mol. The fraction of sp³-hybridized carbons (Fsp3) is 0. The molecule has 24 heavy (non-hydrogen) atoms. The third-order valence-electron chi connectivity index (χ3n) is 3.08. The highest BCUT2D eigenvalue weighted by atomic mass is 35.5. The predicted molar refractivity (Wildman–Crippen MR) is 90.2 cm³/mol. The molecule has 2 amide bonds. The Morgan fingerprint density at radius 2 is 2.08 bits per heavy atom. The molecule has 0 fully saturated rings. The molecule has 3 rings (SSSR count). The van der Waals surface area contributed by atoms with Gasteiger partial charge in [-0.05, 0) is 30.3 Å². The zero-order valence-electron chi connectivity index (χ0n) is 12.3. The summed E-state index contributed by atoms with van der Waals surface area (Å²) < 4.78 is 1.43. The summed E-state index contributed by atoms with van der Waals surface area (Å²) in [5, 5.41) is 19.1. The Balaban J connectivity index is 1.88. The highest BCUT2D eigenvalue weighted by molar-refractivity contribution is 6.30. The Bertz CT molecular complexity index is 916. The lowest BCUT2D eigenvalue weighted by Gasteiger charge is -2.10. The molecule has 0 bridgehead atoms. The average Bonchev–Trinajstić information content (AvgIpc) is 2.98. The van der Waals surface area contributed by atoms with Crippen LogP contribution in [0.25, 0.3) is 5.69 Å². The second kappa shape index (κ2) is 6.81. The fourth-order valence-electron chi connectivity index (χ4n) is 2.05. The van der Waals surface area contributed by atoms with Gasteiger partial charge in [0.25, 0.3) is 0 Å². The molecule has 7 nitrogen and oxygen atoms in total. The van der Waals surface area contributed by atoms with Gasteiger partial charge in [-0.2, -0.15) is 10.4 Å². The molecule has 0 spiro atoms. The fourth-order valence-corrected chi connectivity index (χ4v) is 2.23. The summed E-state index contributed by atoms with van der Waals surface area (Å²) in [6, 6.07) is 13.5.